The van der Waals surface area contributed by atoms with Crippen molar-refractivity contribution in [3.8, 4) is 11.5 Å². The Kier molecular flexibility index (Phi) is 5.86. The van der Waals surface area contributed by atoms with Gasteiger partial charge in [0.05, 0.1) is 13.7 Å². The highest BCUT2D eigenvalue weighted by molar-refractivity contribution is 7.09. The van der Waals surface area contributed by atoms with Crippen molar-refractivity contribution in [1.29, 1.82) is 0 Å². The molecule has 0 bridgehead atoms. The molecule has 2 aromatic rings. The van der Waals surface area contributed by atoms with E-state index >= 15 is 0 Å². The van der Waals surface area contributed by atoms with Crippen LogP contribution < -0.4 is 14.8 Å². The average Bonchev–Trinajstić information content (AvgIpc) is 2.99. The van der Waals surface area contributed by atoms with E-state index in [0.29, 0.717) is 11.5 Å². The minimum Gasteiger partial charge on any atom is -0.493 e. The Balaban J connectivity index is 1.91. The van der Waals surface area contributed by atoms with Crippen LogP contribution in [-0.2, 0) is 13.1 Å². The Labute approximate surface area is 123 Å². The van der Waals surface area contributed by atoms with Gasteiger partial charge in [0.25, 0.3) is 0 Å². The van der Waals surface area contributed by atoms with Gasteiger partial charge in [-0.05, 0) is 29.1 Å². The van der Waals surface area contributed by atoms with Crippen LogP contribution in [0.1, 0.15) is 10.4 Å². The Morgan fingerprint density at radius 1 is 1.20 bits per heavy atom. The van der Waals surface area contributed by atoms with E-state index in [1.54, 1.807) is 18.4 Å². The molecule has 0 saturated carbocycles. The van der Waals surface area contributed by atoms with Crippen LogP contribution in [0.2, 0.25) is 0 Å². The van der Waals surface area contributed by atoms with Crippen molar-refractivity contribution in [1.82, 2.24) is 5.32 Å². The molecule has 0 spiro atoms. The monoisotopic (exact) mass is 293 g/mol. The molecule has 0 radical (unpaired) electrons. The lowest BCUT2D eigenvalue weighted by Crippen LogP contribution is -2.12. The zero-order valence-electron chi connectivity index (χ0n) is 11.5. The molecule has 0 unspecified atom stereocenters. The second kappa shape index (κ2) is 7.89. The number of ether oxygens (including phenoxy) is 2. The van der Waals surface area contributed by atoms with Crippen LogP contribution in [0, 0.1) is 0 Å². The number of methoxy groups -OCH3 is 1. The number of hydrogen-bond acceptors (Lipinski definition) is 5. The highest BCUT2D eigenvalue weighted by atomic mass is 32.1. The first-order valence-electron chi connectivity index (χ1n) is 6.47. The Morgan fingerprint density at radius 3 is 2.80 bits per heavy atom. The van der Waals surface area contributed by atoms with E-state index in [-0.39, 0.29) is 13.2 Å². The van der Waals surface area contributed by atoms with Gasteiger partial charge in [0.1, 0.15) is 6.61 Å². The fraction of sp³-hybridized carbons (Fsp3) is 0.333. The molecular formula is C15H19NO3S. The largest absolute Gasteiger partial charge is 0.493 e. The van der Waals surface area contributed by atoms with Crippen molar-refractivity contribution in [3.05, 3.63) is 46.2 Å². The van der Waals surface area contributed by atoms with E-state index < -0.39 is 0 Å². The van der Waals surface area contributed by atoms with Crippen molar-refractivity contribution in [2.75, 3.05) is 20.3 Å². The van der Waals surface area contributed by atoms with Crippen molar-refractivity contribution in [3.63, 3.8) is 0 Å². The lowest BCUT2D eigenvalue weighted by Gasteiger charge is -2.11. The molecule has 20 heavy (non-hydrogen) atoms. The smallest absolute Gasteiger partial charge is 0.161 e. The second-order valence-corrected chi connectivity index (χ2v) is 5.27. The maximum Gasteiger partial charge on any atom is 0.161 e. The summed E-state index contributed by atoms with van der Waals surface area (Å²) in [4.78, 5) is 1.32. The van der Waals surface area contributed by atoms with Gasteiger partial charge in [-0.25, -0.2) is 0 Å². The Morgan fingerprint density at radius 2 is 2.10 bits per heavy atom. The molecule has 1 heterocycles. The molecule has 0 fully saturated rings. The number of thiophene rings is 1. The summed E-state index contributed by atoms with van der Waals surface area (Å²) >= 11 is 1.75. The summed E-state index contributed by atoms with van der Waals surface area (Å²) in [6.45, 7) is 1.90. The minimum absolute atomic E-state index is 0.00667. The molecule has 2 N–H and O–H groups in total. The number of aliphatic hydroxyl groups is 1. The number of nitrogens with one attached hydrogen (secondary N) is 1. The summed E-state index contributed by atoms with van der Waals surface area (Å²) in [5.41, 5.74) is 1.13. The molecule has 5 heteroatoms. The van der Waals surface area contributed by atoms with Crippen LogP contribution >= 0.6 is 11.3 Å². The standard InChI is InChI=1S/C15H19NO3S/c1-18-15-9-12(4-5-14(15)19-7-6-17)10-16-11-13-3-2-8-20-13/h2-5,8-9,16-17H,6-7,10-11H2,1H3. The third kappa shape index (κ3) is 4.23. The molecule has 108 valence electrons. The molecule has 0 amide bonds. The van der Waals surface area contributed by atoms with Crippen molar-refractivity contribution < 1.29 is 14.6 Å². The van der Waals surface area contributed by atoms with Crippen LogP contribution in [0.15, 0.2) is 35.7 Å². The van der Waals surface area contributed by atoms with Gasteiger partial charge in [0, 0.05) is 18.0 Å². The first-order chi connectivity index (χ1) is 9.83. The fourth-order valence-corrected chi connectivity index (χ4v) is 2.51. The van der Waals surface area contributed by atoms with Gasteiger partial charge in [-0.15, -0.1) is 11.3 Å². The molecule has 1 aromatic carbocycles. The molecule has 0 aliphatic rings. The van der Waals surface area contributed by atoms with Gasteiger partial charge < -0.3 is 19.9 Å². The van der Waals surface area contributed by atoms with Gasteiger partial charge in [0.15, 0.2) is 11.5 Å². The van der Waals surface area contributed by atoms with Gasteiger partial charge in [-0.1, -0.05) is 12.1 Å². The van der Waals surface area contributed by atoms with Crippen molar-refractivity contribution in [2.24, 2.45) is 0 Å². The second-order valence-electron chi connectivity index (χ2n) is 4.24. The summed E-state index contributed by atoms with van der Waals surface area (Å²) in [5, 5.41) is 14.2. The number of benzene rings is 1. The molecule has 0 atom stereocenters. The van der Waals surface area contributed by atoms with Gasteiger partial charge in [-0.3, -0.25) is 0 Å². The minimum atomic E-state index is -0.00667. The summed E-state index contributed by atoms with van der Waals surface area (Å²) in [5.74, 6) is 1.34. The normalized spacial score (nSPS) is 10.5. The van der Waals surface area contributed by atoms with Crippen LogP contribution in [0.25, 0.3) is 0 Å². The van der Waals surface area contributed by atoms with Crippen LogP contribution in [0.4, 0.5) is 0 Å². The topological polar surface area (TPSA) is 50.7 Å². The van der Waals surface area contributed by atoms with Crippen LogP contribution in [0.5, 0.6) is 11.5 Å². The third-order valence-corrected chi connectivity index (χ3v) is 3.66. The number of hydrogen-bond donors (Lipinski definition) is 2. The molecular weight excluding hydrogens is 274 g/mol. The molecule has 0 aliphatic heterocycles. The third-order valence-electron chi connectivity index (χ3n) is 2.79. The lowest BCUT2D eigenvalue weighted by atomic mass is 10.2. The van der Waals surface area contributed by atoms with Gasteiger partial charge in [-0.2, -0.15) is 0 Å². The van der Waals surface area contributed by atoms with Crippen LogP contribution in [-0.4, -0.2) is 25.4 Å². The predicted molar refractivity (Wildman–Crippen MR) is 80.4 cm³/mol. The van der Waals surface area contributed by atoms with E-state index in [9.17, 15) is 0 Å². The first-order valence-corrected chi connectivity index (χ1v) is 7.35. The number of rotatable bonds is 8. The molecule has 1 aromatic heterocycles. The zero-order valence-corrected chi connectivity index (χ0v) is 12.3. The zero-order chi connectivity index (χ0) is 14.2. The molecule has 2 rings (SSSR count). The SMILES string of the molecule is COc1cc(CNCc2cccs2)ccc1OCCO. The number of aliphatic hydroxyl groups excluding tert-OH is 1. The maximum atomic E-state index is 8.78. The highest BCUT2D eigenvalue weighted by Gasteiger charge is 2.05. The van der Waals surface area contributed by atoms with E-state index in [0.717, 1.165) is 18.7 Å². The molecule has 4 nitrogen and oxygen atoms in total. The quantitative estimate of drug-likeness (QED) is 0.785. The summed E-state index contributed by atoms with van der Waals surface area (Å²) in [6, 6.07) is 9.99. The van der Waals surface area contributed by atoms with Gasteiger partial charge >= 0.3 is 0 Å². The van der Waals surface area contributed by atoms with E-state index in [4.69, 9.17) is 14.6 Å². The van der Waals surface area contributed by atoms with E-state index in [2.05, 4.69) is 22.8 Å². The average molecular weight is 293 g/mol. The lowest BCUT2D eigenvalue weighted by molar-refractivity contribution is 0.196. The maximum absolute atomic E-state index is 8.78. The van der Waals surface area contributed by atoms with E-state index in [1.807, 2.05) is 18.2 Å². The van der Waals surface area contributed by atoms with Crippen LogP contribution in [0.3, 0.4) is 0 Å². The van der Waals surface area contributed by atoms with Gasteiger partial charge in [0.2, 0.25) is 0 Å². The Bertz CT molecular complexity index is 514. The highest BCUT2D eigenvalue weighted by Crippen LogP contribution is 2.28. The Hall–Kier alpha value is -1.56. The van der Waals surface area contributed by atoms with Crippen molar-refractivity contribution >= 4 is 11.3 Å². The summed E-state index contributed by atoms with van der Waals surface area (Å²) < 4.78 is 10.7. The van der Waals surface area contributed by atoms with Crippen molar-refractivity contribution in [2.45, 2.75) is 13.1 Å². The molecule has 0 saturated heterocycles. The predicted octanol–water partition coefficient (Wildman–Crippen LogP) is 2.42. The first kappa shape index (κ1) is 14.8. The summed E-state index contributed by atoms with van der Waals surface area (Å²) in [6.07, 6.45) is 0. The van der Waals surface area contributed by atoms with E-state index in [1.165, 1.54) is 4.88 Å². The fourth-order valence-electron chi connectivity index (χ4n) is 1.84. The summed E-state index contributed by atoms with van der Waals surface area (Å²) in [7, 11) is 1.62. The molecule has 0 aliphatic carbocycles.